The Bertz CT molecular complexity index is 671. The molecule has 0 saturated heterocycles. The van der Waals surface area contributed by atoms with Crippen LogP contribution in [0.1, 0.15) is 15.2 Å². The van der Waals surface area contributed by atoms with Gasteiger partial charge in [-0.2, -0.15) is 5.10 Å². The van der Waals surface area contributed by atoms with E-state index >= 15 is 0 Å². The van der Waals surface area contributed by atoms with Crippen LogP contribution in [0.3, 0.4) is 0 Å². The second-order valence-corrected chi connectivity index (χ2v) is 4.59. The van der Waals surface area contributed by atoms with Crippen molar-refractivity contribution in [3.63, 3.8) is 0 Å². The maximum atomic E-state index is 13.4. The maximum Gasteiger partial charge on any atom is 0.281 e. The van der Waals surface area contributed by atoms with Crippen LogP contribution in [0.15, 0.2) is 40.8 Å². The van der Waals surface area contributed by atoms with E-state index in [0.29, 0.717) is 4.88 Å². The van der Waals surface area contributed by atoms with Crippen LogP contribution < -0.4 is 5.43 Å². The number of nitrogens with one attached hydrogen (secondary N) is 1. The Kier molecular flexibility index (Phi) is 4.16. The van der Waals surface area contributed by atoms with Gasteiger partial charge in [0.2, 0.25) is 0 Å². The molecule has 0 aliphatic rings. The van der Waals surface area contributed by atoms with Gasteiger partial charge in [0.25, 0.3) is 11.6 Å². The monoisotopic (exact) mass is 293 g/mol. The summed E-state index contributed by atoms with van der Waals surface area (Å²) in [5, 5.41) is 15.9. The van der Waals surface area contributed by atoms with Crippen LogP contribution >= 0.6 is 11.3 Å². The Labute approximate surface area is 116 Å². The van der Waals surface area contributed by atoms with Gasteiger partial charge < -0.3 is 0 Å². The zero-order valence-electron chi connectivity index (χ0n) is 9.95. The fraction of sp³-hybridized carbons (Fsp3) is 0. The molecule has 2 rings (SSSR count). The second kappa shape index (κ2) is 6.02. The van der Waals surface area contributed by atoms with E-state index in [0.717, 1.165) is 24.4 Å². The average molecular weight is 293 g/mol. The predicted molar refractivity (Wildman–Crippen MR) is 72.4 cm³/mol. The quantitative estimate of drug-likeness (QED) is 0.534. The highest BCUT2D eigenvalue weighted by Crippen LogP contribution is 2.15. The number of rotatable bonds is 4. The molecule has 1 N–H and O–H groups in total. The Hall–Kier alpha value is -2.61. The smallest absolute Gasteiger partial charge is 0.266 e. The van der Waals surface area contributed by atoms with E-state index in [-0.39, 0.29) is 11.3 Å². The zero-order valence-corrected chi connectivity index (χ0v) is 10.8. The van der Waals surface area contributed by atoms with E-state index in [1.54, 1.807) is 17.5 Å². The molecule has 1 amide bonds. The lowest BCUT2D eigenvalue weighted by Gasteiger charge is -1.98. The average Bonchev–Trinajstić information content (AvgIpc) is 2.94. The minimum absolute atomic E-state index is 0.0781. The third-order valence-corrected chi connectivity index (χ3v) is 3.17. The molecular weight excluding hydrogens is 285 g/mol. The number of hydrogen-bond donors (Lipinski definition) is 1. The number of halogens is 1. The summed E-state index contributed by atoms with van der Waals surface area (Å²) < 4.78 is 13.4. The SMILES string of the molecule is O=C(N/N=C/c1cc([N+](=O)[O-])ccc1F)c1cccs1. The van der Waals surface area contributed by atoms with E-state index in [2.05, 4.69) is 10.5 Å². The normalized spacial score (nSPS) is 10.7. The Morgan fingerprint density at radius 1 is 1.45 bits per heavy atom. The standard InChI is InChI=1S/C12H8FN3O3S/c13-10-4-3-9(16(18)19)6-8(10)7-14-15-12(17)11-2-1-5-20-11/h1-7H,(H,15,17)/b14-7+. The van der Waals surface area contributed by atoms with Gasteiger partial charge in [0, 0.05) is 17.7 Å². The van der Waals surface area contributed by atoms with E-state index in [9.17, 15) is 19.3 Å². The third kappa shape index (κ3) is 3.23. The fourth-order valence-corrected chi connectivity index (χ4v) is 1.98. The van der Waals surface area contributed by atoms with Crippen LogP contribution in [0.2, 0.25) is 0 Å². The van der Waals surface area contributed by atoms with Crippen LogP contribution in [-0.2, 0) is 0 Å². The molecule has 1 heterocycles. The van der Waals surface area contributed by atoms with Crippen molar-refractivity contribution in [1.82, 2.24) is 5.43 Å². The maximum absolute atomic E-state index is 13.4. The van der Waals surface area contributed by atoms with E-state index in [1.807, 2.05) is 0 Å². The van der Waals surface area contributed by atoms with Crippen molar-refractivity contribution in [2.24, 2.45) is 5.10 Å². The summed E-state index contributed by atoms with van der Waals surface area (Å²) in [5.74, 6) is -1.09. The van der Waals surface area contributed by atoms with Gasteiger partial charge >= 0.3 is 0 Å². The largest absolute Gasteiger partial charge is 0.281 e. The molecule has 0 unspecified atom stereocenters. The molecule has 20 heavy (non-hydrogen) atoms. The highest BCUT2D eigenvalue weighted by molar-refractivity contribution is 7.12. The third-order valence-electron chi connectivity index (χ3n) is 2.31. The molecule has 0 bridgehead atoms. The number of nitro benzene ring substituents is 1. The minimum Gasteiger partial charge on any atom is -0.266 e. The van der Waals surface area contributed by atoms with Crippen LogP contribution in [0.5, 0.6) is 0 Å². The first-order valence-corrected chi connectivity index (χ1v) is 6.27. The summed E-state index contributed by atoms with van der Waals surface area (Å²) in [5.41, 5.74) is 1.88. The van der Waals surface area contributed by atoms with Gasteiger partial charge in [0.05, 0.1) is 16.0 Å². The number of benzene rings is 1. The first-order valence-electron chi connectivity index (χ1n) is 5.39. The molecule has 0 radical (unpaired) electrons. The van der Waals surface area contributed by atoms with Crippen LogP contribution in [-0.4, -0.2) is 17.0 Å². The Morgan fingerprint density at radius 2 is 2.25 bits per heavy atom. The summed E-state index contributed by atoms with van der Waals surface area (Å²) in [6.07, 6.45) is 1.02. The number of non-ortho nitro benzene ring substituents is 1. The van der Waals surface area contributed by atoms with Crippen molar-refractivity contribution in [2.75, 3.05) is 0 Å². The zero-order chi connectivity index (χ0) is 14.5. The minimum atomic E-state index is -0.662. The number of hydrazone groups is 1. The number of amides is 1. The fourth-order valence-electron chi connectivity index (χ4n) is 1.37. The highest BCUT2D eigenvalue weighted by atomic mass is 32.1. The molecule has 2 aromatic rings. The lowest BCUT2D eigenvalue weighted by Crippen LogP contribution is -2.16. The summed E-state index contributed by atoms with van der Waals surface area (Å²) in [6, 6.07) is 6.39. The van der Waals surface area contributed by atoms with Crippen LogP contribution in [0.4, 0.5) is 10.1 Å². The topological polar surface area (TPSA) is 84.6 Å². The summed E-state index contributed by atoms with van der Waals surface area (Å²) >= 11 is 1.24. The lowest BCUT2D eigenvalue weighted by molar-refractivity contribution is -0.384. The number of carbonyl (C=O) groups is 1. The van der Waals surface area contributed by atoms with Crippen molar-refractivity contribution in [2.45, 2.75) is 0 Å². The first kappa shape index (κ1) is 13.8. The second-order valence-electron chi connectivity index (χ2n) is 3.64. The van der Waals surface area contributed by atoms with Gasteiger partial charge in [0.15, 0.2) is 0 Å². The molecular formula is C12H8FN3O3S. The number of hydrogen-bond acceptors (Lipinski definition) is 5. The van der Waals surface area contributed by atoms with Gasteiger partial charge in [-0.05, 0) is 17.5 Å². The van der Waals surface area contributed by atoms with E-state index in [4.69, 9.17) is 0 Å². The highest BCUT2D eigenvalue weighted by Gasteiger charge is 2.09. The number of nitrogens with zero attached hydrogens (tertiary/aromatic N) is 2. The van der Waals surface area contributed by atoms with Crippen molar-refractivity contribution in [3.05, 3.63) is 62.1 Å². The molecule has 8 heteroatoms. The van der Waals surface area contributed by atoms with Crippen molar-refractivity contribution in [1.29, 1.82) is 0 Å². The predicted octanol–water partition coefficient (Wildman–Crippen LogP) is 2.56. The summed E-state index contributed by atoms with van der Waals surface area (Å²) in [4.78, 5) is 21.9. The molecule has 0 saturated carbocycles. The first-order chi connectivity index (χ1) is 9.58. The summed E-state index contributed by atoms with van der Waals surface area (Å²) in [7, 11) is 0. The van der Waals surface area contributed by atoms with Gasteiger partial charge in [0.1, 0.15) is 5.82 Å². The molecule has 0 fully saturated rings. The van der Waals surface area contributed by atoms with Gasteiger partial charge in [-0.1, -0.05) is 6.07 Å². The molecule has 0 spiro atoms. The molecule has 6 nitrogen and oxygen atoms in total. The van der Waals surface area contributed by atoms with E-state index in [1.165, 1.54) is 11.3 Å². The van der Waals surface area contributed by atoms with Crippen LogP contribution in [0, 0.1) is 15.9 Å². The lowest BCUT2D eigenvalue weighted by atomic mass is 10.2. The molecule has 0 atom stereocenters. The van der Waals surface area contributed by atoms with Gasteiger partial charge in [-0.3, -0.25) is 14.9 Å². The van der Waals surface area contributed by atoms with Crippen molar-refractivity contribution >= 4 is 29.1 Å². The van der Waals surface area contributed by atoms with Gasteiger partial charge in [-0.15, -0.1) is 11.3 Å². The van der Waals surface area contributed by atoms with Gasteiger partial charge in [-0.25, -0.2) is 9.82 Å². The molecule has 0 aliphatic heterocycles. The van der Waals surface area contributed by atoms with E-state index < -0.39 is 16.6 Å². The summed E-state index contributed by atoms with van der Waals surface area (Å²) in [6.45, 7) is 0. The van der Waals surface area contributed by atoms with Crippen LogP contribution in [0.25, 0.3) is 0 Å². The Balaban J connectivity index is 2.09. The number of carbonyl (C=O) groups excluding carboxylic acids is 1. The van der Waals surface area contributed by atoms with Crippen molar-refractivity contribution < 1.29 is 14.1 Å². The molecule has 1 aromatic carbocycles. The molecule has 0 aliphatic carbocycles. The Morgan fingerprint density at radius 3 is 2.90 bits per heavy atom. The van der Waals surface area contributed by atoms with Crippen molar-refractivity contribution in [3.8, 4) is 0 Å². The number of thiophene rings is 1. The number of nitro groups is 1. The molecule has 102 valence electrons. The molecule has 1 aromatic heterocycles.